The number of hydrogen-bond acceptors (Lipinski definition) is 24. The number of benzene rings is 8. The van der Waals surface area contributed by atoms with Gasteiger partial charge < -0.3 is 101 Å². The van der Waals surface area contributed by atoms with Gasteiger partial charge in [0.15, 0.2) is 23.3 Å². The number of phenolic OH excluding ortho intramolecular Hbond substituents is 2. The maximum absolute atomic E-state index is 11.9. The molecular formula is C100H116Br2I2N20O20P4. The van der Waals surface area contributed by atoms with Crippen molar-refractivity contribution in [1.29, 1.82) is 0 Å². The van der Waals surface area contributed by atoms with Gasteiger partial charge in [-0.1, -0.05) is 191 Å². The minimum absolute atomic E-state index is 0.000140. The van der Waals surface area contributed by atoms with Crippen molar-refractivity contribution in [2.24, 2.45) is 0 Å². The number of aromatic nitrogens is 12. The third kappa shape index (κ3) is 29.7. The number of amides is 4. The Balaban J connectivity index is 0.000000165. The number of nitrogens with two attached hydrogens (primary N) is 4. The molecule has 8 aromatic heterocycles. The van der Waals surface area contributed by atoms with Gasteiger partial charge in [0.05, 0.1) is 76.0 Å². The van der Waals surface area contributed by atoms with Crippen molar-refractivity contribution in [1.82, 2.24) is 79.4 Å². The molecule has 0 aliphatic heterocycles. The fourth-order valence-electron chi connectivity index (χ4n) is 17.2. The fourth-order valence-corrected chi connectivity index (χ4v) is 20.5. The van der Waals surface area contributed by atoms with Crippen molar-refractivity contribution in [2.75, 3.05) is 42.4 Å². The minimum Gasteiger partial charge on any atom is -0.508 e. The summed E-state index contributed by atoms with van der Waals surface area (Å²) in [6.45, 7) is 14.9. The van der Waals surface area contributed by atoms with E-state index in [0.29, 0.717) is 138 Å². The highest BCUT2D eigenvalue weighted by atomic mass is 127. The van der Waals surface area contributed by atoms with E-state index in [1.54, 1.807) is 31.2 Å². The molecule has 148 heavy (non-hydrogen) atoms. The number of aromatic hydroxyl groups is 2. The number of carbonyl (C=O) groups excluding carboxylic acids is 4. The van der Waals surface area contributed by atoms with E-state index in [1.165, 1.54) is 36.4 Å². The summed E-state index contributed by atoms with van der Waals surface area (Å²) >= 11 is 10.4. The van der Waals surface area contributed by atoms with Crippen molar-refractivity contribution in [3.63, 3.8) is 0 Å². The number of hydrogen-bond donors (Lipinski definition) is 18. The van der Waals surface area contributed by atoms with E-state index < -0.39 is 43.2 Å². The van der Waals surface area contributed by atoms with Crippen LogP contribution in [-0.2, 0) is 128 Å². The summed E-state index contributed by atoms with van der Waals surface area (Å²) in [5, 5.41) is 35.3. The predicted octanol–water partition coefficient (Wildman–Crippen LogP) is 16.7. The number of alkyl halides is 4. The van der Waals surface area contributed by atoms with E-state index in [0.717, 1.165) is 164 Å². The topological polar surface area (TPSA) is 632 Å². The zero-order valence-electron chi connectivity index (χ0n) is 81.8. The number of unbranched alkanes of at least 4 members (excludes halogenated alkanes) is 4. The van der Waals surface area contributed by atoms with Crippen LogP contribution in [0.25, 0.3) is 87.7 Å². The van der Waals surface area contributed by atoms with Crippen molar-refractivity contribution in [3.8, 4) is 23.0 Å². The lowest BCUT2D eigenvalue weighted by Crippen LogP contribution is -2.23. The summed E-state index contributed by atoms with van der Waals surface area (Å²) < 4.78 is 65.1. The van der Waals surface area contributed by atoms with Gasteiger partial charge in [-0.15, -0.1) is 0 Å². The van der Waals surface area contributed by atoms with Gasteiger partial charge in [0.1, 0.15) is 68.4 Å². The Hall–Kier alpha value is -11.4. The van der Waals surface area contributed by atoms with Crippen LogP contribution in [0.15, 0.2) is 146 Å². The molecule has 0 aliphatic rings. The molecule has 16 rings (SSSR count). The highest BCUT2D eigenvalue weighted by Gasteiger charge is 2.29. The normalized spacial score (nSPS) is 11.9. The molecular weight excluding hydrogens is 2340 g/mol. The number of imidazole rings is 4. The number of phosphoric acid groups is 2. The molecule has 8 aromatic carbocycles. The number of nitrogens with zero attached hydrogens (tertiary/aromatic N) is 12. The molecule has 22 N–H and O–H groups in total. The van der Waals surface area contributed by atoms with E-state index in [9.17, 15) is 86.8 Å². The quantitative estimate of drug-likeness (QED) is 0.00963. The Morgan fingerprint density at radius 2 is 0.676 bits per heavy atom. The molecule has 0 bridgehead atoms. The summed E-state index contributed by atoms with van der Waals surface area (Å²) in [6.07, 6.45) is 9.37. The minimum atomic E-state index is -4.89. The van der Waals surface area contributed by atoms with Crippen LogP contribution >= 0.6 is 108 Å². The smallest absolute Gasteiger partial charge is 0.508 e. The van der Waals surface area contributed by atoms with Crippen molar-refractivity contribution in [2.45, 2.75) is 183 Å². The number of aryl methyl sites for hydroxylation is 6. The number of nitrogens with one attached hydrogen (secondary N) is 4. The number of phenols is 2. The molecule has 0 aliphatic carbocycles. The third-order valence-electron chi connectivity index (χ3n) is 24.2. The van der Waals surface area contributed by atoms with E-state index >= 15 is 0 Å². The summed E-state index contributed by atoms with van der Waals surface area (Å²) in [7, 11) is -18.4. The number of nitrogen functional groups attached to an aromatic ring is 4. The summed E-state index contributed by atoms with van der Waals surface area (Å²) in [5.74, 6) is 4.48. The highest BCUT2D eigenvalue weighted by Crippen LogP contribution is 2.47. The SMILES string of the molecule is CCCCc1nc2c(N)nc3ccc(CNC(=O)CBr)cc3c2n1Cc1cc(O)ccc1CP(=O)(O)O.CCCCc1nc2c(N)nc3ccc(CNC(=O)CBr)cc3c2n1Cc1cc(OP(=O)(O)O)ccc1CP(=O)(O)O.CCCCc1nc2c(N)nc3ccc(CNC(=O)CI)cc3c2n1Cc1ccc(O)c(C)c1.CCCCc1nc2c(N)nc3ccc(CNC(=O)CI)cc3c2n1Cc1ccc(OP(=O)(O)O)c(C)c1. The molecule has 0 spiro atoms. The lowest BCUT2D eigenvalue weighted by Gasteiger charge is -2.17. The Labute approximate surface area is 895 Å². The number of fused-ring (bicyclic) bond motifs is 12. The molecule has 8 heterocycles. The van der Waals surface area contributed by atoms with Crippen LogP contribution in [0, 0.1) is 13.8 Å². The molecule has 0 unspecified atom stereocenters. The van der Waals surface area contributed by atoms with E-state index in [2.05, 4.69) is 132 Å². The second kappa shape index (κ2) is 50.5. The van der Waals surface area contributed by atoms with Gasteiger partial charge in [-0.3, -0.25) is 47.9 Å². The van der Waals surface area contributed by atoms with Gasteiger partial charge in [0.2, 0.25) is 23.6 Å². The van der Waals surface area contributed by atoms with E-state index in [1.807, 2.05) is 124 Å². The van der Waals surface area contributed by atoms with Crippen LogP contribution in [0.1, 0.15) is 169 Å². The maximum Gasteiger partial charge on any atom is 0.524 e. The average molecular weight is 2460 g/mol. The molecule has 784 valence electrons. The van der Waals surface area contributed by atoms with E-state index in [-0.39, 0.29) is 94.1 Å². The molecule has 0 atom stereocenters. The first-order chi connectivity index (χ1) is 70.4. The second-order valence-electron chi connectivity index (χ2n) is 35.6. The molecule has 0 fully saturated rings. The fraction of sp³-hybridized carbons (Fsp3) is 0.320. The largest absolute Gasteiger partial charge is 0.524 e. The van der Waals surface area contributed by atoms with Crippen LogP contribution in [-0.4, -0.2) is 151 Å². The lowest BCUT2D eigenvalue weighted by molar-refractivity contribution is -0.119. The van der Waals surface area contributed by atoms with Crippen LogP contribution in [0.2, 0.25) is 0 Å². The molecule has 4 amide bonds. The summed E-state index contributed by atoms with van der Waals surface area (Å²) in [5.41, 5.74) is 42.4. The van der Waals surface area contributed by atoms with Gasteiger partial charge >= 0.3 is 30.8 Å². The zero-order chi connectivity index (χ0) is 107. The van der Waals surface area contributed by atoms with Crippen molar-refractivity contribution in [3.05, 3.63) is 236 Å². The highest BCUT2D eigenvalue weighted by molar-refractivity contribution is 14.1. The predicted molar refractivity (Wildman–Crippen MR) is 597 cm³/mol. The number of rotatable bonds is 40. The molecule has 0 radical (unpaired) electrons. The molecule has 0 saturated heterocycles. The standard InChI is InChI=1S/C25H30BrN5O8P2.C25H29BrN5O5P.C25H29IN5O5P.C25H28IN5O2/c1-2-3-4-21-30-23-24(19-9-15(12-28-22(32)11-26)5-8-20(19)29-25(23)27)31(21)13-17-10-18(39-41(36,37)38)7-6-16(17)14-40(33,34)35;1-2-3-4-21-30-23-24(31(21)13-17-10-18(32)7-6-16(17)14-37(34,35)36)19-9-15(12-28-22(33)11-26)5-8-20(19)29-25(23)27;1-3-4-5-21-30-23-24(31(21)14-17-7-9-20(15(2)10-17)36-37(33,34)35)18-11-16(13-28-22(32)12-26)6-8-19(18)29-25(23)27;1-3-4-5-21-30-23-24(31(21)14-17-7-9-20(32)15(2)10-17)18-11-16(13-28-22(33)12-26)6-8-19(18)29-25(23)27/h5-10H,2-4,11-14H2,1H3,(H2,27,29)(H,28,32)(H2,33,34,35)(H2,36,37,38);5-10,32H,2-4,11-14H2,1H3,(H2,27,29)(H,28,33)(H2,34,35,36);6-11H,3-5,12-14H2,1-2H3,(H2,27,29)(H,28,32)(H2,33,34,35);6-11,32H,3-5,12-14H2,1-2H3,(H2,27,29)(H,28,33). The summed E-state index contributed by atoms with van der Waals surface area (Å²) in [6, 6.07) is 42.3. The van der Waals surface area contributed by atoms with Crippen molar-refractivity contribution < 1.29 is 95.8 Å². The Bertz CT molecular complexity index is 7890. The van der Waals surface area contributed by atoms with Gasteiger partial charge in [-0.05, 0) is 191 Å². The monoisotopic (exact) mass is 2450 g/mol. The van der Waals surface area contributed by atoms with Crippen LogP contribution in [0.3, 0.4) is 0 Å². The van der Waals surface area contributed by atoms with Crippen LogP contribution < -0.4 is 53.2 Å². The Morgan fingerprint density at radius 1 is 0.365 bits per heavy atom. The number of carbonyl (C=O) groups is 4. The molecule has 16 aromatic rings. The average Bonchev–Trinajstić information content (AvgIpc) is 1.60. The van der Waals surface area contributed by atoms with Gasteiger partial charge in [0.25, 0.3) is 0 Å². The van der Waals surface area contributed by atoms with Crippen molar-refractivity contribution >= 4 is 243 Å². The zero-order valence-corrected chi connectivity index (χ0v) is 92.8. The first kappa shape index (κ1) is 114. The van der Waals surface area contributed by atoms with Crippen LogP contribution in [0.4, 0.5) is 23.3 Å². The first-order valence-electron chi connectivity index (χ1n) is 47.4. The summed E-state index contributed by atoms with van der Waals surface area (Å²) in [4.78, 5) is 160. The van der Waals surface area contributed by atoms with Gasteiger partial charge in [-0.2, -0.15) is 0 Å². The van der Waals surface area contributed by atoms with Gasteiger partial charge in [0, 0.05) is 99.6 Å². The Kier molecular flexibility index (Phi) is 38.8. The Morgan fingerprint density at radius 3 is 0.986 bits per heavy atom. The number of phosphoric ester groups is 2. The van der Waals surface area contributed by atoms with Gasteiger partial charge in [-0.25, -0.2) is 49.0 Å². The molecule has 0 saturated carbocycles. The molecule has 48 heteroatoms. The molecule has 40 nitrogen and oxygen atoms in total. The first-order valence-corrected chi connectivity index (χ1v) is 59.3. The third-order valence-corrected chi connectivity index (χ3v) is 29.0. The lowest BCUT2D eigenvalue weighted by atomic mass is 10.1. The number of anilines is 4. The van der Waals surface area contributed by atoms with E-state index in [4.69, 9.17) is 51.9 Å². The number of pyridine rings is 4. The second-order valence-corrected chi connectivity index (χ2v) is 43.9. The maximum atomic E-state index is 11.9. The number of halogens is 4. The van der Waals surface area contributed by atoms with Crippen LogP contribution in [0.5, 0.6) is 23.0 Å².